The highest BCUT2D eigenvalue weighted by Crippen LogP contribution is 2.23. The van der Waals surface area contributed by atoms with E-state index in [-0.39, 0.29) is 0 Å². The van der Waals surface area contributed by atoms with Crippen LogP contribution < -0.4 is 4.74 Å². The molecule has 0 saturated heterocycles. The molecule has 0 amide bonds. The lowest BCUT2D eigenvalue weighted by molar-refractivity contribution is 0.146. The Bertz CT molecular complexity index is 494. The van der Waals surface area contributed by atoms with Gasteiger partial charge in [0.25, 0.3) is 0 Å². The minimum atomic E-state index is 0.568. The first-order valence-corrected chi connectivity index (χ1v) is 5.95. The molecule has 0 spiro atoms. The molecular formula is C15H17NO2. The van der Waals surface area contributed by atoms with Crippen molar-refractivity contribution >= 4 is 0 Å². The third-order valence-corrected chi connectivity index (χ3v) is 2.69. The van der Waals surface area contributed by atoms with Crippen molar-refractivity contribution in [3.63, 3.8) is 0 Å². The summed E-state index contributed by atoms with van der Waals surface area (Å²) >= 11 is 0. The van der Waals surface area contributed by atoms with Gasteiger partial charge in [-0.1, -0.05) is 6.07 Å². The van der Waals surface area contributed by atoms with Crippen LogP contribution in [0.2, 0.25) is 0 Å². The SMILES string of the molecule is COCCOc1ccc(-c2ncccc2C)cc1. The largest absolute Gasteiger partial charge is 0.491 e. The Morgan fingerprint density at radius 2 is 1.83 bits per heavy atom. The Morgan fingerprint density at radius 1 is 1.06 bits per heavy atom. The van der Waals surface area contributed by atoms with Crippen LogP contribution in [-0.2, 0) is 4.74 Å². The highest BCUT2D eigenvalue weighted by atomic mass is 16.5. The Morgan fingerprint density at radius 3 is 2.50 bits per heavy atom. The molecule has 0 unspecified atom stereocenters. The number of ether oxygens (including phenoxy) is 2. The number of rotatable bonds is 5. The van der Waals surface area contributed by atoms with E-state index >= 15 is 0 Å². The number of hydrogen-bond donors (Lipinski definition) is 0. The lowest BCUT2D eigenvalue weighted by Gasteiger charge is -2.07. The molecule has 0 saturated carbocycles. The van der Waals surface area contributed by atoms with Crippen LogP contribution in [0.3, 0.4) is 0 Å². The van der Waals surface area contributed by atoms with Crippen LogP contribution in [0.4, 0.5) is 0 Å². The molecular weight excluding hydrogens is 226 g/mol. The van der Waals surface area contributed by atoms with E-state index in [1.54, 1.807) is 7.11 Å². The van der Waals surface area contributed by atoms with E-state index in [9.17, 15) is 0 Å². The van der Waals surface area contributed by atoms with Gasteiger partial charge in [0.1, 0.15) is 12.4 Å². The fraction of sp³-hybridized carbons (Fsp3) is 0.267. The van der Waals surface area contributed by atoms with Gasteiger partial charge in [0.2, 0.25) is 0 Å². The van der Waals surface area contributed by atoms with E-state index in [0.717, 1.165) is 17.0 Å². The second kappa shape index (κ2) is 6.17. The van der Waals surface area contributed by atoms with Crippen molar-refractivity contribution in [3.05, 3.63) is 48.2 Å². The number of pyridine rings is 1. The molecule has 0 radical (unpaired) electrons. The fourth-order valence-electron chi connectivity index (χ4n) is 1.74. The van der Waals surface area contributed by atoms with Gasteiger partial charge in [-0.3, -0.25) is 4.98 Å². The van der Waals surface area contributed by atoms with Crippen LogP contribution in [0.5, 0.6) is 5.75 Å². The second-order valence-electron chi connectivity index (χ2n) is 4.03. The summed E-state index contributed by atoms with van der Waals surface area (Å²) in [6.45, 7) is 3.23. The molecule has 0 aliphatic rings. The van der Waals surface area contributed by atoms with Crippen molar-refractivity contribution in [2.75, 3.05) is 20.3 Å². The predicted molar refractivity (Wildman–Crippen MR) is 71.8 cm³/mol. The number of aromatic nitrogens is 1. The number of nitrogens with zero attached hydrogens (tertiary/aromatic N) is 1. The number of aryl methyl sites for hydroxylation is 1. The van der Waals surface area contributed by atoms with E-state index in [4.69, 9.17) is 9.47 Å². The number of methoxy groups -OCH3 is 1. The van der Waals surface area contributed by atoms with E-state index in [0.29, 0.717) is 13.2 Å². The lowest BCUT2D eigenvalue weighted by Crippen LogP contribution is -2.03. The smallest absolute Gasteiger partial charge is 0.119 e. The van der Waals surface area contributed by atoms with Crippen molar-refractivity contribution in [1.82, 2.24) is 4.98 Å². The van der Waals surface area contributed by atoms with Crippen LogP contribution in [0.15, 0.2) is 42.6 Å². The Kier molecular flexibility index (Phi) is 4.31. The average Bonchev–Trinajstić information content (AvgIpc) is 2.41. The molecule has 0 aliphatic heterocycles. The predicted octanol–water partition coefficient (Wildman–Crippen LogP) is 3.08. The maximum Gasteiger partial charge on any atom is 0.119 e. The van der Waals surface area contributed by atoms with E-state index < -0.39 is 0 Å². The standard InChI is InChI=1S/C15H17NO2/c1-12-4-3-9-16-15(12)13-5-7-14(8-6-13)18-11-10-17-2/h3-9H,10-11H2,1-2H3. The van der Waals surface area contributed by atoms with Crippen molar-refractivity contribution in [3.8, 4) is 17.0 Å². The van der Waals surface area contributed by atoms with Gasteiger partial charge in [-0.2, -0.15) is 0 Å². The van der Waals surface area contributed by atoms with Gasteiger partial charge in [-0.05, 0) is 42.8 Å². The molecule has 2 rings (SSSR count). The number of benzene rings is 1. The average molecular weight is 243 g/mol. The zero-order valence-electron chi connectivity index (χ0n) is 10.7. The van der Waals surface area contributed by atoms with Gasteiger partial charge in [0.15, 0.2) is 0 Å². The van der Waals surface area contributed by atoms with Crippen LogP contribution in [0.1, 0.15) is 5.56 Å². The summed E-state index contributed by atoms with van der Waals surface area (Å²) in [6.07, 6.45) is 1.81. The summed E-state index contributed by atoms with van der Waals surface area (Å²) in [5.74, 6) is 0.851. The third-order valence-electron chi connectivity index (χ3n) is 2.69. The van der Waals surface area contributed by atoms with Gasteiger partial charge < -0.3 is 9.47 Å². The maximum atomic E-state index is 5.52. The fourth-order valence-corrected chi connectivity index (χ4v) is 1.74. The molecule has 18 heavy (non-hydrogen) atoms. The minimum Gasteiger partial charge on any atom is -0.491 e. The van der Waals surface area contributed by atoms with E-state index in [2.05, 4.69) is 18.0 Å². The molecule has 3 nitrogen and oxygen atoms in total. The zero-order valence-corrected chi connectivity index (χ0v) is 10.7. The normalized spacial score (nSPS) is 10.3. The monoisotopic (exact) mass is 243 g/mol. The van der Waals surface area contributed by atoms with E-state index in [1.807, 2.05) is 36.5 Å². The highest BCUT2D eigenvalue weighted by molar-refractivity contribution is 5.63. The molecule has 1 heterocycles. The zero-order chi connectivity index (χ0) is 12.8. The summed E-state index contributed by atoms with van der Waals surface area (Å²) in [6, 6.07) is 12.0. The quantitative estimate of drug-likeness (QED) is 0.756. The Hall–Kier alpha value is -1.87. The van der Waals surface area contributed by atoms with E-state index in [1.165, 1.54) is 5.56 Å². The topological polar surface area (TPSA) is 31.4 Å². The van der Waals surface area contributed by atoms with Crippen LogP contribution in [0, 0.1) is 6.92 Å². The first-order chi connectivity index (χ1) is 8.81. The summed E-state index contributed by atoms with van der Waals surface area (Å²) in [5, 5.41) is 0. The van der Waals surface area contributed by atoms with Gasteiger partial charge in [-0.15, -0.1) is 0 Å². The number of hydrogen-bond acceptors (Lipinski definition) is 3. The Balaban J connectivity index is 2.10. The molecule has 1 aromatic carbocycles. The van der Waals surface area contributed by atoms with Gasteiger partial charge in [0.05, 0.1) is 12.3 Å². The molecule has 1 aromatic heterocycles. The van der Waals surface area contributed by atoms with Crippen LogP contribution >= 0.6 is 0 Å². The Labute approximate surface area is 107 Å². The lowest BCUT2D eigenvalue weighted by atomic mass is 10.1. The molecule has 3 heteroatoms. The highest BCUT2D eigenvalue weighted by Gasteiger charge is 2.02. The molecule has 0 bridgehead atoms. The van der Waals surface area contributed by atoms with Crippen LogP contribution in [-0.4, -0.2) is 25.3 Å². The second-order valence-corrected chi connectivity index (χ2v) is 4.03. The first-order valence-electron chi connectivity index (χ1n) is 5.95. The van der Waals surface area contributed by atoms with Crippen LogP contribution in [0.25, 0.3) is 11.3 Å². The summed E-state index contributed by atoms with van der Waals surface area (Å²) < 4.78 is 10.5. The van der Waals surface area contributed by atoms with Crippen molar-refractivity contribution in [1.29, 1.82) is 0 Å². The maximum absolute atomic E-state index is 5.52. The van der Waals surface area contributed by atoms with Gasteiger partial charge >= 0.3 is 0 Å². The molecule has 0 N–H and O–H groups in total. The van der Waals surface area contributed by atoms with Gasteiger partial charge in [0, 0.05) is 18.9 Å². The van der Waals surface area contributed by atoms with Gasteiger partial charge in [-0.25, -0.2) is 0 Å². The minimum absolute atomic E-state index is 0.568. The first kappa shape index (κ1) is 12.6. The molecule has 0 aliphatic carbocycles. The van der Waals surface area contributed by atoms with Crippen molar-refractivity contribution in [2.24, 2.45) is 0 Å². The molecule has 94 valence electrons. The summed E-state index contributed by atoms with van der Waals surface area (Å²) in [7, 11) is 1.66. The van der Waals surface area contributed by atoms with Crippen molar-refractivity contribution in [2.45, 2.75) is 6.92 Å². The van der Waals surface area contributed by atoms with Crippen molar-refractivity contribution < 1.29 is 9.47 Å². The summed E-state index contributed by atoms with van der Waals surface area (Å²) in [4.78, 5) is 4.39. The summed E-state index contributed by atoms with van der Waals surface area (Å²) in [5.41, 5.74) is 3.29. The molecule has 0 fully saturated rings. The third kappa shape index (κ3) is 3.08. The molecule has 2 aromatic rings. The molecule has 0 atom stereocenters.